The molecule has 0 bridgehead atoms. The van der Waals surface area contributed by atoms with Crippen LogP contribution in [0.25, 0.3) is 93.6 Å². The van der Waals surface area contributed by atoms with Crippen molar-refractivity contribution < 1.29 is 0 Å². The molecule has 0 aliphatic rings. The van der Waals surface area contributed by atoms with Crippen LogP contribution in [-0.2, 0) is 0 Å². The third kappa shape index (κ3) is 5.87. The van der Waals surface area contributed by atoms with Crippen molar-refractivity contribution in [3.05, 3.63) is 273 Å². The summed E-state index contributed by atoms with van der Waals surface area (Å²) in [6.07, 6.45) is 0. The lowest BCUT2D eigenvalue weighted by Crippen LogP contribution is -2.75. The fourth-order valence-electron chi connectivity index (χ4n) is 11.9. The van der Waals surface area contributed by atoms with Gasteiger partial charge in [-0.1, -0.05) is 231 Å². The molecule has 0 aliphatic heterocycles. The largest absolute Gasteiger partial charge is 0.309 e. The van der Waals surface area contributed by atoms with Crippen molar-refractivity contribution in [3.8, 4) is 28.2 Å². The van der Waals surface area contributed by atoms with Gasteiger partial charge in [-0.25, -0.2) is 0 Å². The molecule has 0 atom stereocenters. The third-order valence-corrected chi connectivity index (χ3v) is 19.6. The summed E-state index contributed by atoms with van der Waals surface area (Å²) in [6.45, 7) is 0. The van der Waals surface area contributed by atoms with Crippen LogP contribution in [0.1, 0.15) is 0 Å². The van der Waals surface area contributed by atoms with E-state index in [4.69, 9.17) is 0 Å². The van der Waals surface area contributed by atoms with Gasteiger partial charge in [0.2, 0.25) is 0 Å². The van der Waals surface area contributed by atoms with Crippen LogP contribution in [0.5, 0.6) is 0 Å². The van der Waals surface area contributed by atoms with Crippen molar-refractivity contribution >= 4 is 94.2 Å². The summed E-state index contributed by atoms with van der Waals surface area (Å²) < 4.78 is 7.68. The van der Waals surface area contributed by atoms with Gasteiger partial charge in [0.25, 0.3) is 0 Å². The molecule has 328 valence electrons. The molecule has 0 radical (unpaired) electrons. The standard InChI is InChI=1S/C66H45N3Si/c1-5-23-46(24-6-1)51-31-13-18-36-58(51)68-60-38-20-14-34-54(60)56-42-41-47(45-63(56)68)67-59-37-19-17-35-55(59)57-43-44-64(66(65(57)67)69-61-39-21-15-32-52(61)53-33-16-22-40-62(53)69)70(48-25-7-2-8-26-48,49-27-9-3-10-28-49)50-29-11-4-12-30-50/h1-45H. The Morgan fingerprint density at radius 1 is 0.271 bits per heavy atom. The van der Waals surface area contributed by atoms with Crippen LogP contribution in [0.2, 0.25) is 0 Å². The minimum atomic E-state index is -3.16. The van der Waals surface area contributed by atoms with Crippen LogP contribution in [0.3, 0.4) is 0 Å². The van der Waals surface area contributed by atoms with Gasteiger partial charge in [-0.15, -0.1) is 0 Å². The topological polar surface area (TPSA) is 14.8 Å². The molecular formula is C66H45N3Si. The van der Waals surface area contributed by atoms with E-state index in [0.29, 0.717) is 0 Å². The highest BCUT2D eigenvalue weighted by Crippen LogP contribution is 2.42. The highest BCUT2D eigenvalue weighted by atomic mass is 28.3. The molecule has 0 spiro atoms. The van der Waals surface area contributed by atoms with Crippen LogP contribution >= 0.6 is 0 Å². The van der Waals surface area contributed by atoms with Crippen molar-refractivity contribution in [1.29, 1.82) is 0 Å². The minimum absolute atomic E-state index is 1.10. The second kappa shape index (κ2) is 16.1. The summed E-state index contributed by atoms with van der Waals surface area (Å²) in [5, 5.41) is 12.7. The van der Waals surface area contributed by atoms with Crippen molar-refractivity contribution in [2.75, 3.05) is 0 Å². The van der Waals surface area contributed by atoms with Crippen LogP contribution in [0, 0.1) is 0 Å². The number of fused-ring (bicyclic) bond motifs is 9. The first-order chi connectivity index (χ1) is 34.8. The number of rotatable bonds is 8. The molecule has 11 aromatic carbocycles. The maximum absolute atomic E-state index is 3.16. The van der Waals surface area contributed by atoms with Crippen LogP contribution < -0.4 is 20.7 Å². The first-order valence-corrected chi connectivity index (χ1v) is 26.2. The van der Waals surface area contributed by atoms with E-state index in [0.717, 1.165) is 22.4 Å². The summed E-state index contributed by atoms with van der Waals surface area (Å²) in [5.41, 5.74) is 12.9. The van der Waals surface area contributed by atoms with E-state index in [1.165, 1.54) is 91.9 Å². The van der Waals surface area contributed by atoms with Crippen molar-refractivity contribution in [3.63, 3.8) is 0 Å². The zero-order valence-corrected chi connectivity index (χ0v) is 39.3. The van der Waals surface area contributed by atoms with Crippen LogP contribution in [0.4, 0.5) is 0 Å². The number of aromatic nitrogens is 3. The first kappa shape index (κ1) is 40.1. The van der Waals surface area contributed by atoms with Gasteiger partial charge in [-0.05, 0) is 68.8 Å². The van der Waals surface area contributed by atoms with Gasteiger partial charge < -0.3 is 13.7 Å². The fraction of sp³-hybridized carbons (Fsp3) is 0. The molecule has 0 saturated heterocycles. The summed E-state index contributed by atoms with van der Waals surface area (Å²) in [7, 11) is -3.16. The molecule has 4 heteroatoms. The molecule has 0 N–H and O–H groups in total. The molecule has 0 aliphatic carbocycles. The Kier molecular flexibility index (Phi) is 9.23. The maximum atomic E-state index is 2.61. The number of benzene rings is 11. The van der Waals surface area contributed by atoms with E-state index >= 15 is 0 Å². The molecule has 14 rings (SSSR count). The molecule has 0 fully saturated rings. The molecule has 0 saturated carbocycles. The number of hydrogen-bond acceptors (Lipinski definition) is 0. The van der Waals surface area contributed by atoms with Gasteiger partial charge in [0.05, 0.1) is 44.5 Å². The van der Waals surface area contributed by atoms with Gasteiger partial charge in [0, 0.05) is 43.6 Å². The zero-order chi connectivity index (χ0) is 46.2. The van der Waals surface area contributed by atoms with E-state index < -0.39 is 8.07 Å². The Balaban J connectivity index is 1.19. The number of hydrogen-bond donors (Lipinski definition) is 0. The Hall–Kier alpha value is -8.96. The minimum Gasteiger partial charge on any atom is -0.309 e. The zero-order valence-electron chi connectivity index (χ0n) is 38.3. The van der Waals surface area contributed by atoms with Gasteiger partial charge >= 0.3 is 0 Å². The lowest BCUT2D eigenvalue weighted by Gasteiger charge is -2.36. The second-order valence-electron chi connectivity index (χ2n) is 18.4. The van der Waals surface area contributed by atoms with E-state index in [1.54, 1.807) is 0 Å². The number of nitrogens with zero attached hydrogens (tertiary/aromatic N) is 3. The van der Waals surface area contributed by atoms with E-state index in [-0.39, 0.29) is 0 Å². The molecule has 70 heavy (non-hydrogen) atoms. The average Bonchev–Trinajstić information content (AvgIpc) is 4.08. The molecule has 3 aromatic heterocycles. The van der Waals surface area contributed by atoms with Crippen LogP contribution in [0.15, 0.2) is 273 Å². The Morgan fingerprint density at radius 3 is 1.21 bits per heavy atom. The highest BCUT2D eigenvalue weighted by Gasteiger charge is 2.44. The second-order valence-corrected chi connectivity index (χ2v) is 22.1. The van der Waals surface area contributed by atoms with E-state index in [9.17, 15) is 0 Å². The molecule has 14 aromatic rings. The van der Waals surface area contributed by atoms with Gasteiger partial charge in [0.15, 0.2) is 8.07 Å². The summed E-state index contributed by atoms with van der Waals surface area (Å²) in [4.78, 5) is 0. The predicted molar refractivity (Wildman–Crippen MR) is 299 cm³/mol. The van der Waals surface area contributed by atoms with E-state index in [1.807, 2.05) is 0 Å². The SMILES string of the molecule is c1ccc(-c2ccccc2-n2c3ccccc3c3ccc(-n4c5ccccc5c5ccc([Si](c6ccccc6)(c6ccccc6)c6ccccc6)c(-n6c7ccccc7c7ccccc76)c54)cc32)cc1. The third-order valence-electron chi connectivity index (χ3n) is 14.8. The summed E-state index contributed by atoms with van der Waals surface area (Å²) in [5.74, 6) is 0. The lowest BCUT2D eigenvalue weighted by molar-refractivity contribution is 1.13. The Morgan fingerprint density at radius 2 is 0.671 bits per heavy atom. The normalized spacial score (nSPS) is 12.0. The van der Waals surface area contributed by atoms with Crippen molar-refractivity contribution in [2.24, 2.45) is 0 Å². The summed E-state index contributed by atoms with van der Waals surface area (Å²) >= 11 is 0. The molecule has 3 heterocycles. The van der Waals surface area contributed by atoms with Gasteiger partial charge in [-0.3, -0.25) is 0 Å². The Bertz CT molecular complexity index is 4130. The fourth-order valence-corrected chi connectivity index (χ4v) is 16.8. The lowest BCUT2D eigenvalue weighted by atomic mass is 10.0. The van der Waals surface area contributed by atoms with E-state index in [2.05, 4.69) is 287 Å². The smallest absolute Gasteiger partial charge is 0.181 e. The molecule has 0 amide bonds. The van der Waals surface area contributed by atoms with Gasteiger partial charge in [-0.2, -0.15) is 0 Å². The molecule has 0 unspecified atom stereocenters. The van der Waals surface area contributed by atoms with Crippen molar-refractivity contribution in [2.45, 2.75) is 0 Å². The average molecular weight is 908 g/mol. The van der Waals surface area contributed by atoms with Crippen LogP contribution in [-0.4, -0.2) is 21.8 Å². The van der Waals surface area contributed by atoms with Crippen molar-refractivity contribution in [1.82, 2.24) is 13.7 Å². The monoisotopic (exact) mass is 907 g/mol. The molecule has 3 nitrogen and oxygen atoms in total. The predicted octanol–water partition coefficient (Wildman–Crippen LogP) is 14.0. The first-order valence-electron chi connectivity index (χ1n) is 24.2. The highest BCUT2D eigenvalue weighted by molar-refractivity contribution is 7.20. The molecular weight excluding hydrogens is 863 g/mol. The van der Waals surface area contributed by atoms with Gasteiger partial charge in [0.1, 0.15) is 0 Å². The Labute approximate surface area is 407 Å². The number of para-hydroxylation sites is 5. The summed E-state index contributed by atoms with van der Waals surface area (Å²) in [6, 6.07) is 102. The quantitative estimate of drug-likeness (QED) is 0.107. The maximum Gasteiger partial charge on any atom is 0.181 e.